The normalized spacial score (nSPS) is 8.46. The maximum absolute atomic E-state index is 10.4. The Hall–Kier alpha value is -0.126. The molecule has 13 heavy (non-hydrogen) atoms. The number of hydrogen-bond acceptors (Lipinski definition) is 4. The molecule has 0 aromatic carbocycles. The van der Waals surface area contributed by atoms with Crippen molar-refractivity contribution in [3.63, 3.8) is 0 Å². The fourth-order valence-corrected chi connectivity index (χ4v) is 0.571. The van der Waals surface area contributed by atoms with E-state index < -0.39 is 0 Å². The predicted octanol–water partition coefficient (Wildman–Crippen LogP) is 0.780. The van der Waals surface area contributed by atoms with Gasteiger partial charge < -0.3 is 15.6 Å². The van der Waals surface area contributed by atoms with Crippen LogP contribution in [0, 0.1) is 10.4 Å². The van der Waals surface area contributed by atoms with Crippen LogP contribution in [0.2, 0.25) is 0 Å². The zero-order valence-electron chi connectivity index (χ0n) is 7.12. The van der Waals surface area contributed by atoms with Crippen LogP contribution >= 0.6 is 12.6 Å². The predicted molar refractivity (Wildman–Crippen MR) is 51.3 cm³/mol. The smallest absolute Gasteiger partial charge is 0.181 e. The first kappa shape index (κ1) is 15.4. The molecular formula is C7H9N2O2SY-. The average molecular weight is 274 g/mol. The van der Waals surface area contributed by atoms with E-state index in [1.165, 1.54) is 24.5 Å². The molecule has 0 spiro atoms. The molecule has 0 fully saturated rings. The molecule has 69 valence electrons. The Morgan fingerprint density at radius 1 is 1.38 bits per heavy atom. The van der Waals surface area contributed by atoms with Gasteiger partial charge in [-0.1, -0.05) is 0 Å². The molecule has 0 aliphatic carbocycles. The van der Waals surface area contributed by atoms with E-state index in [0.29, 0.717) is 10.3 Å². The molecule has 1 aromatic rings. The van der Waals surface area contributed by atoms with Gasteiger partial charge in [0.15, 0.2) is 12.4 Å². The Morgan fingerprint density at radius 3 is 2.23 bits per heavy atom. The Bertz CT molecular complexity index is 241. The van der Waals surface area contributed by atoms with E-state index in [1.807, 2.05) is 0 Å². The second-order valence-corrected chi connectivity index (χ2v) is 1.73. The summed E-state index contributed by atoms with van der Waals surface area (Å²) in [6.07, 6.45) is 5.44. The van der Waals surface area contributed by atoms with Crippen molar-refractivity contribution in [2.24, 2.45) is 5.16 Å². The second kappa shape index (κ2) is 9.96. The summed E-state index contributed by atoms with van der Waals surface area (Å²) in [5, 5.41) is 22.6. The topological polar surface area (TPSA) is 62.4 Å². The van der Waals surface area contributed by atoms with Crippen molar-refractivity contribution < 1.29 is 37.4 Å². The summed E-state index contributed by atoms with van der Waals surface area (Å²) in [4.78, 5) is 0. The number of nitrogens with zero attached hydrogens (tertiary/aromatic N) is 2. The number of pyridine rings is 1. The first-order chi connectivity index (χ1) is 5.83. The summed E-state index contributed by atoms with van der Waals surface area (Å²) in [7, 11) is 0. The molecule has 1 radical (unpaired) electrons. The molecular weight excluding hydrogens is 265 g/mol. The van der Waals surface area contributed by atoms with E-state index in [2.05, 4.69) is 17.8 Å². The molecule has 6 heteroatoms. The zero-order chi connectivity index (χ0) is 9.40. The van der Waals surface area contributed by atoms with Crippen LogP contribution in [-0.2, 0) is 32.7 Å². The SMILES string of the molecule is CS.[O-]/N=C/c1cc[n+]([O-])cc1.[Y]. The van der Waals surface area contributed by atoms with Gasteiger partial charge in [-0.2, -0.15) is 17.4 Å². The standard InChI is InChI=1S/C6H6N2O2.CH4S.Y/c9-7-5-6-1-3-8(10)4-2-6;1-2;/h1-5,9H;2H,1H3;/p-1/b7-5+;;. The minimum absolute atomic E-state index is 0. The van der Waals surface area contributed by atoms with Crippen molar-refractivity contribution >= 4 is 18.8 Å². The summed E-state index contributed by atoms with van der Waals surface area (Å²) >= 11 is 3.53. The Kier molecular flexibility index (Phi) is 11.8. The van der Waals surface area contributed by atoms with E-state index in [4.69, 9.17) is 0 Å². The maximum atomic E-state index is 10.4. The minimum Gasteiger partial charge on any atom is -0.792 e. The van der Waals surface area contributed by atoms with E-state index in [-0.39, 0.29) is 32.7 Å². The number of thiol groups is 1. The van der Waals surface area contributed by atoms with E-state index in [1.54, 1.807) is 6.26 Å². The molecule has 1 rings (SSSR count). The zero-order valence-corrected chi connectivity index (χ0v) is 10.9. The molecule has 0 unspecified atom stereocenters. The van der Waals surface area contributed by atoms with Crippen LogP contribution in [0.1, 0.15) is 5.56 Å². The summed E-state index contributed by atoms with van der Waals surface area (Å²) in [5.74, 6) is 0. The van der Waals surface area contributed by atoms with Crippen molar-refractivity contribution in [1.82, 2.24) is 0 Å². The first-order valence-electron chi connectivity index (χ1n) is 3.12. The number of rotatable bonds is 1. The molecule has 0 aliphatic rings. The average Bonchev–Trinajstić information content (AvgIpc) is 2.13. The van der Waals surface area contributed by atoms with Gasteiger partial charge in [0.2, 0.25) is 0 Å². The van der Waals surface area contributed by atoms with Crippen molar-refractivity contribution in [2.75, 3.05) is 6.26 Å². The third-order valence-electron chi connectivity index (χ3n) is 1.03. The summed E-state index contributed by atoms with van der Waals surface area (Å²) in [5.41, 5.74) is 0.627. The molecule has 1 heterocycles. The molecule has 0 bridgehead atoms. The number of hydrogen-bond donors (Lipinski definition) is 1. The van der Waals surface area contributed by atoms with E-state index >= 15 is 0 Å². The third kappa shape index (κ3) is 6.98. The van der Waals surface area contributed by atoms with Gasteiger partial charge in [0.05, 0.1) is 0 Å². The van der Waals surface area contributed by atoms with Crippen molar-refractivity contribution in [2.45, 2.75) is 0 Å². The van der Waals surface area contributed by atoms with Crippen LogP contribution in [-0.4, -0.2) is 12.5 Å². The summed E-state index contributed by atoms with van der Waals surface area (Å²) in [6, 6.07) is 3.02. The molecule has 0 aliphatic heterocycles. The van der Waals surface area contributed by atoms with Gasteiger partial charge >= 0.3 is 0 Å². The fourth-order valence-electron chi connectivity index (χ4n) is 0.571. The van der Waals surface area contributed by atoms with Crippen molar-refractivity contribution in [3.05, 3.63) is 40.5 Å². The van der Waals surface area contributed by atoms with Crippen molar-refractivity contribution in [1.29, 1.82) is 0 Å². The quantitative estimate of drug-likeness (QED) is 0.270. The Labute approximate surface area is 108 Å². The molecule has 0 amide bonds. The largest absolute Gasteiger partial charge is 0.792 e. The molecule has 0 saturated heterocycles. The van der Waals surface area contributed by atoms with Gasteiger partial charge in [-0.15, -0.1) is 0 Å². The number of aromatic nitrogens is 1. The first-order valence-corrected chi connectivity index (χ1v) is 4.01. The van der Waals surface area contributed by atoms with Gasteiger partial charge in [0.1, 0.15) is 0 Å². The molecule has 0 N–H and O–H groups in total. The van der Waals surface area contributed by atoms with E-state index in [0.717, 1.165) is 6.21 Å². The fraction of sp³-hybridized carbons (Fsp3) is 0.143. The van der Waals surface area contributed by atoms with Gasteiger partial charge in [0.25, 0.3) is 0 Å². The summed E-state index contributed by atoms with van der Waals surface area (Å²) < 4.78 is 0.641. The minimum atomic E-state index is 0. The molecule has 1 aromatic heterocycles. The Balaban J connectivity index is 0. The van der Waals surface area contributed by atoms with Crippen LogP contribution in [0.5, 0.6) is 0 Å². The van der Waals surface area contributed by atoms with E-state index in [9.17, 15) is 10.4 Å². The van der Waals surface area contributed by atoms with Crippen LogP contribution in [0.3, 0.4) is 0 Å². The third-order valence-corrected chi connectivity index (χ3v) is 1.03. The van der Waals surface area contributed by atoms with Crippen LogP contribution in [0.15, 0.2) is 29.7 Å². The van der Waals surface area contributed by atoms with Crippen molar-refractivity contribution in [3.8, 4) is 0 Å². The van der Waals surface area contributed by atoms with Crippen LogP contribution < -0.4 is 4.73 Å². The van der Waals surface area contributed by atoms with Gasteiger partial charge in [-0.05, 0) is 6.26 Å². The molecule has 0 atom stereocenters. The molecule has 0 saturated carbocycles. The van der Waals surface area contributed by atoms with Gasteiger partial charge in [-0.25, -0.2) is 0 Å². The van der Waals surface area contributed by atoms with Crippen LogP contribution in [0.4, 0.5) is 0 Å². The summed E-state index contributed by atoms with van der Waals surface area (Å²) in [6.45, 7) is 0. The second-order valence-electron chi connectivity index (χ2n) is 1.73. The Morgan fingerprint density at radius 2 is 1.85 bits per heavy atom. The monoisotopic (exact) mass is 274 g/mol. The molecule has 4 nitrogen and oxygen atoms in total. The maximum Gasteiger partial charge on any atom is 0.181 e. The van der Waals surface area contributed by atoms with Gasteiger partial charge in [-0.3, -0.25) is 0 Å². The van der Waals surface area contributed by atoms with Gasteiger partial charge in [0, 0.05) is 56.6 Å². The van der Waals surface area contributed by atoms with Crippen LogP contribution in [0.25, 0.3) is 0 Å².